The number of thiazole rings is 1. The van der Waals surface area contributed by atoms with Gasteiger partial charge in [0.25, 0.3) is 11.6 Å². The first kappa shape index (κ1) is 22.5. The number of aromatic nitrogens is 1. The van der Waals surface area contributed by atoms with Crippen LogP contribution < -0.4 is 14.8 Å². The summed E-state index contributed by atoms with van der Waals surface area (Å²) < 4.78 is 11.0. The second-order valence-electron chi connectivity index (χ2n) is 7.03. The predicted octanol–water partition coefficient (Wildman–Crippen LogP) is 2.63. The molecule has 31 heavy (non-hydrogen) atoms. The van der Waals surface area contributed by atoms with Crippen molar-refractivity contribution < 1.29 is 24.0 Å². The fourth-order valence-electron chi connectivity index (χ4n) is 3.47. The average molecular weight is 449 g/mol. The lowest BCUT2D eigenvalue weighted by molar-refractivity contribution is -0.385. The number of methoxy groups -OCH3 is 1. The maximum Gasteiger partial charge on any atom is 0.286 e. The first-order valence-corrected chi connectivity index (χ1v) is 10.8. The van der Waals surface area contributed by atoms with Gasteiger partial charge in [0.1, 0.15) is 12.2 Å². The average Bonchev–Trinajstić information content (AvgIpc) is 3.30. The zero-order valence-electron chi connectivity index (χ0n) is 17.3. The van der Waals surface area contributed by atoms with Gasteiger partial charge in [0.05, 0.1) is 35.2 Å². The topological polar surface area (TPSA) is 124 Å². The Hall–Kier alpha value is -3.21. The van der Waals surface area contributed by atoms with Gasteiger partial charge in [-0.2, -0.15) is 0 Å². The number of rotatable bonds is 8. The Bertz CT molecular complexity index is 949. The quantitative estimate of drug-likeness (QED) is 0.486. The molecule has 166 valence electrons. The number of benzene rings is 1. The largest absolute Gasteiger partial charge is 0.493 e. The zero-order chi connectivity index (χ0) is 22.4. The summed E-state index contributed by atoms with van der Waals surface area (Å²) in [4.78, 5) is 42.0. The summed E-state index contributed by atoms with van der Waals surface area (Å²) >= 11 is 1.41. The molecule has 0 saturated carbocycles. The van der Waals surface area contributed by atoms with E-state index >= 15 is 0 Å². The van der Waals surface area contributed by atoms with E-state index in [1.807, 2.05) is 6.92 Å². The van der Waals surface area contributed by atoms with E-state index in [9.17, 15) is 19.7 Å². The highest BCUT2D eigenvalue weighted by Crippen LogP contribution is 2.36. The van der Waals surface area contributed by atoms with Gasteiger partial charge >= 0.3 is 0 Å². The van der Waals surface area contributed by atoms with Gasteiger partial charge in [-0.3, -0.25) is 19.7 Å². The Labute approximate surface area is 183 Å². The van der Waals surface area contributed by atoms with E-state index < -0.39 is 10.8 Å². The van der Waals surface area contributed by atoms with E-state index in [2.05, 4.69) is 10.3 Å². The second-order valence-corrected chi connectivity index (χ2v) is 7.75. The molecule has 1 atom stereocenters. The molecule has 3 rings (SSSR count). The Morgan fingerprint density at radius 2 is 2.19 bits per heavy atom. The van der Waals surface area contributed by atoms with Crippen LogP contribution in [0.15, 0.2) is 23.0 Å². The zero-order valence-corrected chi connectivity index (χ0v) is 18.1. The normalized spacial score (nSPS) is 15.9. The van der Waals surface area contributed by atoms with Crippen molar-refractivity contribution in [1.29, 1.82) is 0 Å². The van der Waals surface area contributed by atoms with Gasteiger partial charge in [0.15, 0.2) is 11.5 Å². The van der Waals surface area contributed by atoms with Gasteiger partial charge in [0, 0.05) is 31.1 Å². The molecule has 2 amide bonds. The highest BCUT2D eigenvalue weighted by Gasteiger charge is 2.33. The van der Waals surface area contributed by atoms with E-state index in [1.54, 1.807) is 10.9 Å². The monoisotopic (exact) mass is 448 g/mol. The predicted molar refractivity (Wildman–Crippen MR) is 113 cm³/mol. The number of nitro benzene ring substituents is 1. The van der Waals surface area contributed by atoms with Gasteiger partial charge in [-0.25, -0.2) is 4.98 Å². The van der Waals surface area contributed by atoms with Crippen molar-refractivity contribution in [2.45, 2.75) is 26.4 Å². The minimum atomic E-state index is -0.617. The summed E-state index contributed by atoms with van der Waals surface area (Å²) in [6.07, 6.45) is 1.32. The summed E-state index contributed by atoms with van der Waals surface area (Å²) in [6.45, 7) is 3.10. The first-order valence-electron chi connectivity index (χ1n) is 9.87. The molecule has 1 unspecified atom stereocenters. The van der Waals surface area contributed by atoms with Gasteiger partial charge < -0.3 is 19.7 Å². The van der Waals surface area contributed by atoms with Crippen molar-refractivity contribution in [2.75, 3.05) is 26.7 Å². The molecule has 0 aliphatic carbocycles. The Morgan fingerprint density at radius 3 is 2.84 bits per heavy atom. The first-order chi connectivity index (χ1) is 14.9. The molecule has 0 spiro atoms. The van der Waals surface area contributed by atoms with Gasteiger partial charge in [-0.1, -0.05) is 0 Å². The number of ether oxygens (including phenoxy) is 2. The second kappa shape index (κ2) is 10.2. The molecule has 0 bridgehead atoms. The summed E-state index contributed by atoms with van der Waals surface area (Å²) in [7, 11) is 1.40. The third kappa shape index (κ3) is 5.29. The van der Waals surface area contributed by atoms with E-state index in [0.717, 1.165) is 0 Å². The van der Waals surface area contributed by atoms with Crippen molar-refractivity contribution in [3.05, 3.63) is 44.4 Å². The number of nitrogens with one attached hydrogen (secondary N) is 1. The fourth-order valence-corrected chi connectivity index (χ4v) is 4.01. The molecule has 10 nitrogen and oxygen atoms in total. The summed E-state index contributed by atoms with van der Waals surface area (Å²) in [5.41, 5.74) is 1.87. The van der Waals surface area contributed by atoms with E-state index in [1.165, 1.54) is 35.5 Å². The maximum absolute atomic E-state index is 13.2. The lowest BCUT2D eigenvalue weighted by Gasteiger charge is -2.32. The fraction of sp³-hybridized carbons (Fsp3) is 0.450. The number of likely N-dealkylation sites (tertiary alicyclic amines) is 1. The molecule has 11 heteroatoms. The van der Waals surface area contributed by atoms with Gasteiger partial charge in [0.2, 0.25) is 5.91 Å². The molecule has 1 fully saturated rings. The Kier molecular flexibility index (Phi) is 7.40. The lowest BCUT2D eigenvalue weighted by atomic mass is 9.96. The number of nitro groups is 1. The Balaban J connectivity index is 1.85. The highest BCUT2D eigenvalue weighted by atomic mass is 32.1. The smallest absolute Gasteiger partial charge is 0.286 e. The number of carbonyl (C=O) groups excluding carboxylic acids is 2. The van der Waals surface area contributed by atoms with Crippen LogP contribution in [0.2, 0.25) is 0 Å². The van der Waals surface area contributed by atoms with Crippen molar-refractivity contribution in [2.24, 2.45) is 5.92 Å². The number of carbonyl (C=O) groups is 2. The van der Waals surface area contributed by atoms with Crippen LogP contribution in [0.5, 0.6) is 11.5 Å². The van der Waals surface area contributed by atoms with Crippen LogP contribution in [0.1, 0.15) is 35.8 Å². The molecule has 0 radical (unpaired) electrons. The number of hydrogen-bond donors (Lipinski definition) is 1. The molecular formula is C20H24N4O6S. The van der Waals surface area contributed by atoms with E-state index in [0.29, 0.717) is 31.6 Å². The van der Waals surface area contributed by atoms with Gasteiger partial charge in [-0.05, 0) is 19.8 Å². The SMILES string of the molecule is CCNC(=O)C1CCCN(C(=O)c2cc(OC)c(OCc3cscn3)cc2[N+](=O)[O-])C1. The molecule has 1 aromatic carbocycles. The lowest BCUT2D eigenvalue weighted by Crippen LogP contribution is -2.45. The molecule has 2 aromatic rings. The Morgan fingerprint density at radius 1 is 1.39 bits per heavy atom. The standard InChI is InChI=1S/C20H24N4O6S/c1-3-21-19(25)13-5-4-6-23(9-13)20(26)15-7-17(29-2)18(8-16(15)24(27)28)30-10-14-11-31-12-22-14/h7-8,11-13H,3-6,9-10H2,1-2H3,(H,21,25). The summed E-state index contributed by atoms with van der Waals surface area (Å²) in [5, 5.41) is 16.3. The van der Waals surface area contributed by atoms with Crippen LogP contribution in [-0.4, -0.2) is 53.4 Å². The van der Waals surface area contributed by atoms with E-state index in [4.69, 9.17) is 9.47 Å². The van der Waals surface area contributed by atoms with Crippen LogP contribution in [0, 0.1) is 16.0 Å². The van der Waals surface area contributed by atoms with Crippen molar-refractivity contribution in [3.8, 4) is 11.5 Å². The minimum Gasteiger partial charge on any atom is -0.493 e. The summed E-state index contributed by atoms with van der Waals surface area (Å²) in [6, 6.07) is 2.52. The molecular weight excluding hydrogens is 424 g/mol. The highest BCUT2D eigenvalue weighted by molar-refractivity contribution is 7.07. The molecule has 1 N–H and O–H groups in total. The van der Waals surface area contributed by atoms with Crippen molar-refractivity contribution in [1.82, 2.24) is 15.2 Å². The minimum absolute atomic E-state index is 0.0978. The van der Waals surface area contributed by atoms with Crippen molar-refractivity contribution in [3.63, 3.8) is 0 Å². The van der Waals surface area contributed by atoms with Crippen molar-refractivity contribution >= 4 is 28.8 Å². The van der Waals surface area contributed by atoms with Crippen LogP contribution in [0.4, 0.5) is 5.69 Å². The van der Waals surface area contributed by atoms with Crippen LogP contribution >= 0.6 is 11.3 Å². The third-order valence-electron chi connectivity index (χ3n) is 5.00. The number of hydrogen-bond acceptors (Lipinski definition) is 8. The van der Waals surface area contributed by atoms with Crippen LogP contribution in [-0.2, 0) is 11.4 Å². The molecule has 2 heterocycles. The summed E-state index contributed by atoms with van der Waals surface area (Å²) in [5.74, 6) is -0.596. The number of piperidine rings is 1. The maximum atomic E-state index is 13.2. The third-order valence-corrected chi connectivity index (χ3v) is 5.63. The number of amides is 2. The van der Waals surface area contributed by atoms with Crippen LogP contribution in [0.25, 0.3) is 0 Å². The van der Waals surface area contributed by atoms with Gasteiger partial charge in [-0.15, -0.1) is 11.3 Å². The molecule has 1 aromatic heterocycles. The molecule has 1 aliphatic rings. The molecule has 1 saturated heterocycles. The molecule has 1 aliphatic heterocycles. The number of nitrogens with zero attached hydrogens (tertiary/aromatic N) is 3. The van der Waals surface area contributed by atoms with E-state index in [-0.39, 0.29) is 47.7 Å². The van der Waals surface area contributed by atoms with Crippen LogP contribution in [0.3, 0.4) is 0 Å².